The molecule has 1 fully saturated rings. The van der Waals surface area contributed by atoms with Gasteiger partial charge in [-0.1, -0.05) is 13.0 Å². The second kappa shape index (κ2) is 9.44. The molecule has 2 rings (SSSR count). The lowest BCUT2D eigenvalue weighted by atomic mass is 10.0. The molecule has 1 unspecified atom stereocenters. The van der Waals surface area contributed by atoms with Crippen LogP contribution in [0.1, 0.15) is 33.1 Å². The fourth-order valence-corrected chi connectivity index (χ4v) is 4.55. The number of primary amides is 1. The number of carbonyl (C=O) groups is 2. The van der Waals surface area contributed by atoms with Gasteiger partial charge in [0.05, 0.1) is 18.6 Å². The van der Waals surface area contributed by atoms with E-state index in [4.69, 9.17) is 5.73 Å². The van der Waals surface area contributed by atoms with E-state index in [2.05, 4.69) is 10.3 Å². The molecule has 9 nitrogen and oxygen atoms in total. The smallest absolute Gasteiger partial charge is 0.284 e. The highest BCUT2D eigenvalue weighted by atomic mass is 32.2. The predicted molar refractivity (Wildman–Crippen MR) is 102 cm³/mol. The van der Waals surface area contributed by atoms with E-state index < -0.39 is 39.9 Å². The number of hydrogen-bond donors (Lipinski definition) is 3. The number of rotatable bonds is 7. The first kappa shape index (κ1) is 22.3. The van der Waals surface area contributed by atoms with Gasteiger partial charge >= 0.3 is 0 Å². The van der Waals surface area contributed by atoms with Crippen LogP contribution in [0, 0.1) is 12.3 Å². The molecule has 4 N–H and O–H groups in total. The van der Waals surface area contributed by atoms with E-state index in [0.29, 0.717) is 17.1 Å². The van der Waals surface area contributed by atoms with E-state index in [1.165, 1.54) is 18.3 Å². The molecule has 2 amide bonds. The SMILES string of the molecule is CC(C[CH]C(=O)N([C@H]1CC[C@@H](C)NC[C@@H]1O)S(=O)(=O)c1ccccn1)C(N)=O. The van der Waals surface area contributed by atoms with Gasteiger partial charge in [-0.2, -0.15) is 8.42 Å². The Kier molecular flexibility index (Phi) is 7.50. The van der Waals surface area contributed by atoms with Crippen molar-refractivity contribution >= 4 is 21.8 Å². The number of aliphatic hydroxyl groups excluding tert-OH is 1. The number of pyridine rings is 1. The second-order valence-corrected chi connectivity index (χ2v) is 8.83. The standard InChI is InChI=1S/C18H27N4O5S/c1-12(18(19)25)6-9-17(24)22(14-8-7-13(2)21-11-15(14)23)28(26,27)16-5-3-4-10-20-16/h3-5,9-10,12-15,21,23H,6-8,11H2,1-2H3,(H2,19,25)/t12?,13-,14+,15+/m1/s1. The van der Waals surface area contributed by atoms with Gasteiger partial charge in [0.2, 0.25) is 11.8 Å². The van der Waals surface area contributed by atoms with Crippen LogP contribution in [-0.2, 0) is 19.6 Å². The van der Waals surface area contributed by atoms with Gasteiger partial charge in [-0.15, -0.1) is 0 Å². The third kappa shape index (κ3) is 5.27. The number of aliphatic hydroxyl groups is 1. The highest BCUT2D eigenvalue weighted by Gasteiger charge is 2.40. The lowest BCUT2D eigenvalue weighted by molar-refractivity contribution is -0.126. The minimum Gasteiger partial charge on any atom is -0.390 e. The number of carbonyl (C=O) groups excluding carboxylic acids is 2. The summed E-state index contributed by atoms with van der Waals surface area (Å²) in [7, 11) is -4.30. The maximum absolute atomic E-state index is 13.2. The summed E-state index contributed by atoms with van der Waals surface area (Å²) in [4.78, 5) is 28.0. The van der Waals surface area contributed by atoms with Gasteiger partial charge in [0.15, 0.2) is 5.03 Å². The molecule has 0 aliphatic carbocycles. The Labute approximate surface area is 165 Å². The Bertz CT molecular complexity index is 786. The Morgan fingerprint density at radius 2 is 2.14 bits per heavy atom. The second-order valence-electron chi connectivity index (χ2n) is 7.07. The van der Waals surface area contributed by atoms with Crippen molar-refractivity contribution in [3.8, 4) is 0 Å². The van der Waals surface area contributed by atoms with E-state index in [9.17, 15) is 23.1 Å². The predicted octanol–water partition coefficient (Wildman–Crippen LogP) is -0.184. The summed E-state index contributed by atoms with van der Waals surface area (Å²) in [5.41, 5.74) is 5.22. The molecular formula is C18H27N4O5S. The average molecular weight is 412 g/mol. The fraction of sp³-hybridized carbons (Fsp3) is 0.556. The third-order valence-electron chi connectivity index (χ3n) is 4.83. The molecule has 155 valence electrons. The number of nitrogens with one attached hydrogen (secondary N) is 1. The quantitative estimate of drug-likeness (QED) is 0.564. The molecular weight excluding hydrogens is 384 g/mol. The van der Waals surface area contributed by atoms with E-state index in [0.717, 1.165) is 6.42 Å². The van der Waals surface area contributed by atoms with Crippen LogP contribution in [0.3, 0.4) is 0 Å². The van der Waals surface area contributed by atoms with Gasteiger partial charge in [-0.3, -0.25) is 9.59 Å². The van der Waals surface area contributed by atoms with Crippen molar-refractivity contribution in [2.45, 2.75) is 56.3 Å². The van der Waals surface area contributed by atoms with Crippen molar-refractivity contribution in [1.29, 1.82) is 0 Å². The van der Waals surface area contributed by atoms with Gasteiger partial charge in [0.25, 0.3) is 10.0 Å². The minimum atomic E-state index is -4.30. The lowest BCUT2D eigenvalue weighted by Crippen LogP contribution is -2.52. The molecule has 0 bridgehead atoms. The molecule has 1 radical (unpaired) electrons. The van der Waals surface area contributed by atoms with Gasteiger partial charge < -0.3 is 16.2 Å². The molecule has 0 spiro atoms. The van der Waals surface area contributed by atoms with Crippen LogP contribution in [0.15, 0.2) is 29.4 Å². The number of sulfonamides is 1. The molecule has 1 aromatic heterocycles. The van der Waals surface area contributed by atoms with E-state index in [1.807, 2.05) is 6.92 Å². The number of amides is 2. The van der Waals surface area contributed by atoms with Gasteiger partial charge in [0.1, 0.15) is 0 Å². The summed E-state index contributed by atoms with van der Waals surface area (Å²) in [6.45, 7) is 3.63. The monoisotopic (exact) mass is 411 g/mol. The summed E-state index contributed by atoms with van der Waals surface area (Å²) >= 11 is 0. The molecule has 2 heterocycles. The van der Waals surface area contributed by atoms with Crippen molar-refractivity contribution in [3.05, 3.63) is 30.8 Å². The summed E-state index contributed by atoms with van der Waals surface area (Å²) in [6, 6.07) is 3.50. The summed E-state index contributed by atoms with van der Waals surface area (Å²) in [5, 5.41) is 13.4. The van der Waals surface area contributed by atoms with Crippen LogP contribution in [0.25, 0.3) is 0 Å². The number of nitrogens with two attached hydrogens (primary N) is 1. The van der Waals surface area contributed by atoms with E-state index >= 15 is 0 Å². The topological polar surface area (TPSA) is 143 Å². The Morgan fingerprint density at radius 1 is 1.43 bits per heavy atom. The van der Waals surface area contributed by atoms with Crippen LogP contribution in [0.4, 0.5) is 0 Å². The van der Waals surface area contributed by atoms with E-state index in [-0.39, 0.29) is 24.0 Å². The van der Waals surface area contributed by atoms with Gasteiger partial charge in [0, 0.05) is 24.7 Å². The summed E-state index contributed by atoms with van der Waals surface area (Å²) < 4.78 is 27.1. The van der Waals surface area contributed by atoms with Crippen molar-refractivity contribution in [1.82, 2.24) is 14.6 Å². The van der Waals surface area contributed by atoms with Gasteiger partial charge in [-0.05, 0) is 38.3 Å². The first-order valence-corrected chi connectivity index (χ1v) is 10.6. The zero-order chi connectivity index (χ0) is 20.9. The summed E-state index contributed by atoms with van der Waals surface area (Å²) in [5.74, 6) is -2.02. The molecule has 28 heavy (non-hydrogen) atoms. The molecule has 1 saturated heterocycles. The highest BCUT2D eigenvalue weighted by Crippen LogP contribution is 2.25. The zero-order valence-corrected chi connectivity index (χ0v) is 16.8. The van der Waals surface area contributed by atoms with Crippen molar-refractivity contribution in [3.63, 3.8) is 0 Å². The average Bonchev–Trinajstić information content (AvgIpc) is 2.82. The van der Waals surface area contributed by atoms with Crippen molar-refractivity contribution in [2.24, 2.45) is 11.7 Å². The molecule has 1 aromatic rings. The van der Waals surface area contributed by atoms with Crippen LogP contribution in [0.2, 0.25) is 0 Å². The van der Waals surface area contributed by atoms with Crippen LogP contribution >= 0.6 is 0 Å². The number of nitrogens with zero attached hydrogens (tertiary/aromatic N) is 2. The minimum absolute atomic E-state index is 0.000126. The lowest BCUT2D eigenvalue weighted by Gasteiger charge is -2.32. The molecule has 1 aliphatic rings. The van der Waals surface area contributed by atoms with Crippen molar-refractivity contribution in [2.75, 3.05) is 6.54 Å². The maximum atomic E-state index is 13.2. The molecule has 1 aliphatic heterocycles. The normalized spacial score (nSPS) is 24.2. The summed E-state index contributed by atoms with van der Waals surface area (Å²) in [6.07, 6.45) is 2.26. The first-order chi connectivity index (χ1) is 13.1. The molecule has 10 heteroatoms. The van der Waals surface area contributed by atoms with Crippen LogP contribution in [0.5, 0.6) is 0 Å². The van der Waals surface area contributed by atoms with Crippen LogP contribution < -0.4 is 11.1 Å². The third-order valence-corrected chi connectivity index (χ3v) is 6.56. The first-order valence-electron chi connectivity index (χ1n) is 9.18. The Morgan fingerprint density at radius 3 is 2.75 bits per heavy atom. The van der Waals surface area contributed by atoms with Gasteiger partial charge in [-0.25, -0.2) is 9.29 Å². The number of β-amino-alcohol motifs (C(OH)–C–C–N with tert-alkyl or cyclic N) is 1. The highest BCUT2D eigenvalue weighted by molar-refractivity contribution is 7.89. The zero-order valence-electron chi connectivity index (χ0n) is 16.0. The molecule has 4 atom stereocenters. The Balaban J connectivity index is 2.37. The Hall–Kier alpha value is -2.04. The molecule has 0 aromatic carbocycles. The number of hydrogen-bond acceptors (Lipinski definition) is 7. The van der Waals surface area contributed by atoms with E-state index in [1.54, 1.807) is 13.0 Å². The fourth-order valence-electron chi connectivity index (χ4n) is 2.99. The van der Waals surface area contributed by atoms with Crippen molar-refractivity contribution < 1.29 is 23.1 Å². The maximum Gasteiger partial charge on any atom is 0.284 e. The largest absolute Gasteiger partial charge is 0.390 e. The number of aromatic nitrogens is 1. The molecule has 0 saturated carbocycles. The van der Waals surface area contributed by atoms with Crippen LogP contribution in [-0.4, -0.2) is 59.4 Å².